The molecular weight excluding hydrogens is 446 g/mol. The second kappa shape index (κ2) is 9.33. The molecule has 0 radical (unpaired) electrons. The lowest BCUT2D eigenvalue weighted by Gasteiger charge is -2.06. The first-order chi connectivity index (χ1) is 16.6. The summed E-state index contributed by atoms with van der Waals surface area (Å²) in [6, 6.07) is 26.5. The van der Waals surface area contributed by atoms with Crippen LogP contribution in [-0.4, -0.2) is 18.0 Å². The highest BCUT2D eigenvalue weighted by molar-refractivity contribution is 7.16. The van der Waals surface area contributed by atoms with E-state index in [1.54, 1.807) is 25.3 Å². The summed E-state index contributed by atoms with van der Waals surface area (Å²) in [4.78, 5) is 23.6. The van der Waals surface area contributed by atoms with Crippen LogP contribution < -0.4 is 15.6 Å². The van der Waals surface area contributed by atoms with Crippen molar-refractivity contribution in [2.75, 3.05) is 12.4 Å². The van der Waals surface area contributed by atoms with E-state index in [9.17, 15) is 4.79 Å². The third-order valence-electron chi connectivity index (χ3n) is 5.25. The van der Waals surface area contributed by atoms with Crippen LogP contribution in [0.25, 0.3) is 22.2 Å². The largest absolute Gasteiger partial charge is 0.497 e. The van der Waals surface area contributed by atoms with Crippen LogP contribution in [0, 0.1) is 6.92 Å². The molecule has 0 spiro atoms. The molecular formula is C27H21N3O3S. The molecule has 0 saturated heterocycles. The minimum Gasteiger partial charge on any atom is -0.497 e. The standard InChI is InChI=1S/C27H21N3O3S/c1-17-24(18-9-5-3-6-10-18)29-27(34-17)30-25(31)22-16-19-15-21(32-2)13-14-23(19)33-26(22)28-20-11-7-4-8-12-20/h3-16H,1-2H3,(H,29,30,31). The van der Waals surface area contributed by atoms with E-state index in [1.165, 1.54) is 11.3 Å². The third-order valence-corrected chi connectivity index (χ3v) is 6.14. The summed E-state index contributed by atoms with van der Waals surface area (Å²) >= 11 is 1.43. The monoisotopic (exact) mass is 467 g/mol. The van der Waals surface area contributed by atoms with Gasteiger partial charge >= 0.3 is 0 Å². The third kappa shape index (κ3) is 4.46. The smallest absolute Gasteiger partial charge is 0.262 e. The first kappa shape index (κ1) is 21.6. The van der Waals surface area contributed by atoms with Crippen LogP contribution in [0.1, 0.15) is 15.2 Å². The van der Waals surface area contributed by atoms with Crippen molar-refractivity contribution < 1.29 is 13.9 Å². The molecule has 0 bridgehead atoms. The lowest BCUT2D eigenvalue weighted by atomic mass is 10.1. The summed E-state index contributed by atoms with van der Waals surface area (Å²) in [6.07, 6.45) is 0. The van der Waals surface area contributed by atoms with E-state index in [4.69, 9.17) is 9.15 Å². The molecule has 0 aliphatic rings. The number of amides is 1. The molecule has 1 amide bonds. The van der Waals surface area contributed by atoms with Gasteiger partial charge in [-0.15, -0.1) is 11.3 Å². The average molecular weight is 468 g/mol. The topological polar surface area (TPSA) is 76.7 Å². The lowest BCUT2D eigenvalue weighted by molar-refractivity contribution is 0.102. The van der Waals surface area contributed by atoms with Crippen LogP contribution in [0.15, 0.2) is 94.3 Å². The zero-order valence-electron chi connectivity index (χ0n) is 18.6. The molecule has 0 aliphatic heterocycles. The van der Waals surface area contributed by atoms with Crippen molar-refractivity contribution in [3.8, 4) is 17.0 Å². The fraction of sp³-hybridized carbons (Fsp3) is 0.0741. The van der Waals surface area contributed by atoms with E-state index in [-0.39, 0.29) is 11.5 Å². The molecule has 0 unspecified atom stereocenters. The number of nitrogens with one attached hydrogen (secondary N) is 1. The second-order valence-electron chi connectivity index (χ2n) is 7.56. The Morgan fingerprint density at radius 2 is 1.74 bits per heavy atom. The number of anilines is 1. The van der Waals surface area contributed by atoms with Crippen molar-refractivity contribution >= 4 is 39.0 Å². The van der Waals surface area contributed by atoms with Crippen molar-refractivity contribution in [1.82, 2.24) is 4.98 Å². The van der Waals surface area contributed by atoms with Gasteiger partial charge in [0.15, 0.2) is 5.13 Å². The van der Waals surface area contributed by atoms with Crippen molar-refractivity contribution in [2.45, 2.75) is 6.92 Å². The number of hydrogen-bond acceptors (Lipinski definition) is 6. The van der Waals surface area contributed by atoms with E-state index in [0.29, 0.717) is 27.7 Å². The summed E-state index contributed by atoms with van der Waals surface area (Å²) < 4.78 is 11.4. The second-order valence-corrected chi connectivity index (χ2v) is 8.76. The van der Waals surface area contributed by atoms with Crippen LogP contribution in [0.2, 0.25) is 0 Å². The highest BCUT2D eigenvalue weighted by Gasteiger charge is 2.17. The number of para-hydroxylation sites is 1. The van der Waals surface area contributed by atoms with Crippen LogP contribution >= 0.6 is 11.3 Å². The van der Waals surface area contributed by atoms with Gasteiger partial charge in [-0.2, -0.15) is 0 Å². The van der Waals surface area contributed by atoms with Gasteiger partial charge in [-0.3, -0.25) is 10.1 Å². The minimum atomic E-state index is -0.350. The Morgan fingerprint density at radius 3 is 2.47 bits per heavy atom. The van der Waals surface area contributed by atoms with E-state index in [1.807, 2.05) is 73.7 Å². The summed E-state index contributed by atoms with van der Waals surface area (Å²) in [5.41, 5.74) is 3.66. The fourth-order valence-electron chi connectivity index (χ4n) is 3.58. The van der Waals surface area contributed by atoms with Gasteiger partial charge in [0, 0.05) is 15.8 Å². The van der Waals surface area contributed by atoms with E-state index in [2.05, 4.69) is 15.3 Å². The number of carbonyl (C=O) groups is 1. The number of methoxy groups -OCH3 is 1. The number of fused-ring (bicyclic) bond motifs is 1. The summed E-state index contributed by atoms with van der Waals surface area (Å²) in [5.74, 6) is 0.321. The summed E-state index contributed by atoms with van der Waals surface area (Å²) in [7, 11) is 1.60. The molecule has 7 heteroatoms. The van der Waals surface area contributed by atoms with Gasteiger partial charge < -0.3 is 9.15 Å². The van der Waals surface area contributed by atoms with Crippen LogP contribution in [0.4, 0.5) is 10.8 Å². The SMILES string of the molecule is COc1ccc2oc(=Nc3ccccc3)c(C(=O)Nc3nc(-c4ccccc4)c(C)s3)cc2c1. The number of thiazole rings is 1. The Morgan fingerprint density at radius 1 is 1.00 bits per heavy atom. The maximum atomic E-state index is 13.4. The molecule has 1 N–H and O–H groups in total. The minimum absolute atomic E-state index is 0.220. The van der Waals surface area contributed by atoms with E-state index >= 15 is 0 Å². The fourth-order valence-corrected chi connectivity index (χ4v) is 4.41. The number of aromatic nitrogens is 1. The zero-order chi connectivity index (χ0) is 23.5. The molecule has 0 fully saturated rings. The van der Waals surface area contributed by atoms with Gasteiger partial charge in [-0.05, 0) is 43.3 Å². The normalized spacial score (nSPS) is 11.5. The molecule has 0 atom stereocenters. The number of benzene rings is 3. The Bertz CT molecular complexity index is 1540. The average Bonchev–Trinajstić information content (AvgIpc) is 3.24. The molecule has 168 valence electrons. The van der Waals surface area contributed by atoms with Crippen LogP contribution in [0.5, 0.6) is 5.75 Å². The molecule has 2 aromatic heterocycles. The predicted octanol–water partition coefficient (Wildman–Crippen LogP) is 6.36. The van der Waals surface area contributed by atoms with Gasteiger partial charge in [0.05, 0.1) is 18.5 Å². The molecule has 6 nitrogen and oxygen atoms in total. The summed E-state index contributed by atoms with van der Waals surface area (Å²) in [6.45, 7) is 1.99. The van der Waals surface area contributed by atoms with E-state index < -0.39 is 0 Å². The number of nitrogens with zero attached hydrogens (tertiary/aromatic N) is 2. The highest BCUT2D eigenvalue weighted by atomic mass is 32.1. The van der Waals surface area contributed by atoms with Gasteiger partial charge in [-0.1, -0.05) is 48.5 Å². The number of hydrogen-bond donors (Lipinski definition) is 1. The lowest BCUT2D eigenvalue weighted by Crippen LogP contribution is -2.21. The van der Waals surface area contributed by atoms with Crippen LogP contribution in [0.3, 0.4) is 0 Å². The molecule has 0 aliphatic carbocycles. The number of rotatable bonds is 5. The van der Waals surface area contributed by atoms with Crippen molar-refractivity contribution in [3.05, 3.63) is 101 Å². The maximum Gasteiger partial charge on any atom is 0.262 e. The summed E-state index contributed by atoms with van der Waals surface area (Å²) in [5, 5.41) is 4.17. The van der Waals surface area contributed by atoms with Gasteiger partial charge in [0.25, 0.3) is 5.91 Å². The van der Waals surface area contributed by atoms with Crippen molar-refractivity contribution in [1.29, 1.82) is 0 Å². The first-order valence-electron chi connectivity index (χ1n) is 10.7. The highest BCUT2D eigenvalue weighted by Crippen LogP contribution is 2.30. The molecule has 3 aromatic carbocycles. The van der Waals surface area contributed by atoms with Gasteiger partial charge in [0.1, 0.15) is 16.9 Å². The van der Waals surface area contributed by atoms with Crippen LogP contribution in [-0.2, 0) is 0 Å². The van der Waals surface area contributed by atoms with Gasteiger partial charge in [-0.25, -0.2) is 9.98 Å². The van der Waals surface area contributed by atoms with Crippen molar-refractivity contribution in [2.24, 2.45) is 4.99 Å². The zero-order valence-corrected chi connectivity index (χ0v) is 19.4. The number of ether oxygens (including phenoxy) is 1. The van der Waals surface area contributed by atoms with Gasteiger partial charge in [0.2, 0.25) is 5.55 Å². The number of aryl methyl sites for hydroxylation is 1. The Hall–Kier alpha value is -4.23. The van der Waals surface area contributed by atoms with E-state index in [0.717, 1.165) is 21.5 Å². The molecule has 2 heterocycles. The molecule has 34 heavy (non-hydrogen) atoms. The Balaban J connectivity index is 1.57. The maximum absolute atomic E-state index is 13.4. The molecule has 5 aromatic rings. The number of carbonyl (C=O) groups excluding carboxylic acids is 1. The Kier molecular flexibility index (Phi) is 5.93. The van der Waals surface area contributed by atoms with Crippen molar-refractivity contribution in [3.63, 3.8) is 0 Å². The quantitative estimate of drug-likeness (QED) is 0.326. The first-order valence-corrected chi connectivity index (χ1v) is 11.5. The Labute approximate surface area is 200 Å². The molecule has 5 rings (SSSR count). The molecule has 0 saturated carbocycles. The predicted molar refractivity (Wildman–Crippen MR) is 135 cm³/mol.